The maximum atomic E-state index is 11.4. The summed E-state index contributed by atoms with van der Waals surface area (Å²) in [7, 11) is 2.78. The van der Waals surface area contributed by atoms with Gasteiger partial charge in [0, 0.05) is 6.42 Å². The normalized spacial score (nSPS) is 9.76. The average molecular weight is 237 g/mol. The Morgan fingerprint density at radius 1 is 1.29 bits per heavy atom. The standard InChI is InChI=1S/C12H15NO4/c1-16-10-7-8(4-6-11(13)14)3-5-9(10)12(15)17-2/h3,5,7H,4,6H2,1-2H3,(H2,13,14). The van der Waals surface area contributed by atoms with Gasteiger partial charge in [0.15, 0.2) is 0 Å². The fraction of sp³-hybridized carbons (Fsp3) is 0.333. The molecule has 17 heavy (non-hydrogen) atoms. The van der Waals surface area contributed by atoms with E-state index < -0.39 is 5.97 Å². The summed E-state index contributed by atoms with van der Waals surface area (Å²) in [5.41, 5.74) is 6.31. The van der Waals surface area contributed by atoms with Gasteiger partial charge in [0.2, 0.25) is 5.91 Å². The Hall–Kier alpha value is -2.04. The van der Waals surface area contributed by atoms with Crippen molar-refractivity contribution in [3.63, 3.8) is 0 Å². The number of ether oxygens (including phenoxy) is 2. The van der Waals surface area contributed by atoms with E-state index in [9.17, 15) is 9.59 Å². The van der Waals surface area contributed by atoms with Crippen LogP contribution in [0.3, 0.4) is 0 Å². The Morgan fingerprint density at radius 2 is 2.00 bits per heavy atom. The summed E-state index contributed by atoms with van der Waals surface area (Å²) < 4.78 is 9.72. The van der Waals surface area contributed by atoms with Gasteiger partial charge < -0.3 is 15.2 Å². The number of primary amides is 1. The van der Waals surface area contributed by atoms with Gasteiger partial charge in [-0.2, -0.15) is 0 Å². The van der Waals surface area contributed by atoms with Crippen molar-refractivity contribution < 1.29 is 19.1 Å². The van der Waals surface area contributed by atoms with Crippen LogP contribution in [0.25, 0.3) is 0 Å². The second-order valence-electron chi connectivity index (χ2n) is 3.49. The van der Waals surface area contributed by atoms with Crippen LogP contribution >= 0.6 is 0 Å². The van der Waals surface area contributed by atoms with E-state index in [0.29, 0.717) is 17.7 Å². The second-order valence-corrected chi connectivity index (χ2v) is 3.49. The minimum Gasteiger partial charge on any atom is -0.496 e. The fourth-order valence-corrected chi connectivity index (χ4v) is 1.44. The predicted molar refractivity (Wildman–Crippen MR) is 61.8 cm³/mol. The third-order valence-corrected chi connectivity index (χ3v) is 2.33. The van der Waals surface area contributed by atoms with Crippen LogP contribution in [-0.4, -0.2) is 26.1 Å². The number of nitrogens with two attached hydrogens (primary N) is 1. The topological polar surface area (TPSA) is 78.6 Å². The highest BCUT2D eigenvalue weighted by atomic mass is 16.5. The van der Waals surface area contributed by atoms with Crippen LogP contribution in [0, 0.1) is 0 Å². The maximum absolute atomic E-state index is 11.4. The van der Waals surface area contributed by atoms with Crippen LogP contribution in [0.15, 0.2) is 18.2 Å². The fourth-order valence-electron chi connectivity index (χ4n) is 1.44. The third kappa shape index (κ3) is 3.48. The summed E-state index contributed by atoms with van der Waals surface area (Å²) in [4.78, 5) is 22.1. The molecule has 1 amide bonds. The number of hydrogen-bond donors (Lipinski definition) is 1. The van der Waals surface area contributed by atoms with Gasteiger partial charge in [0.1, 0.15) is 11.3 Å². The zero-order chi connectivity index (χ0) is 12.8. The molecule has 0 spiro atoms. The van der Waals surface area contributed by atoms with Gasteiger partial charge in [-0.15, -0.1) is 0 Å². The van der Waals surface area contributed by atoms with E-state index in [1.54, 1.807) is 18.2 Å². The lowest BCUT2D eigenvalue weighted by Crippen LogP contribution is -2.11. The van der Waals surface area contributed by atoms with E-state index in [1.165, 1.54) is 14.2 Å². The first-order chi connectivity index (χ1) is 8.08. The van der Waals surface area contributed by atoms with E-state index >= 15 is 0 Å². The molecule has 92 valence electrons. The van der Waals surface area contributed by atoms with E-state index in [-0.39, 0.29) is 12.3 Å². The summed E-state index contributed by atoms with van der Waals surface area (Å²) in [6.07, 6.45) is 0.786. The minimum atomic E-state index is -0.455. The first-order valence-electron chi connectivity index (χ1n) is 5.12. The molecule has 0 aliphatic heterocycles. The number of rotatable bonds is 5. The lowest BCUT2D eigenvalue weighted by Gasteiger charge is -2.08. The first kappa shape index (κ1) is 13.0. The molecule has 1 aromatic rings. The molecule has 0 heterocycles. The zero-order valence-electron chi connectivity index (χ0n) is 9.86. The van der Waals surface area contributed by atoms with E-state index in [2.05, 4.69) is 4.74 Å². The van der Waals surface area contributed by atoms with Crippen LogP contribution in [-0.2, 0) is 16.0 Å². The van der Waals surface area contributed by atoms with E-state index in [4.69, 9.17) is 10.5 Å². The summed E-state index contributed by atoms with van der Waals surface area (Å²) in [5, 5.41) is 0. The Morgan fingerprint density at radius 3 is 2.53 bits per heavy atom. The van der Waals surface area contributed by atoms with Crippen LogP contribution in [0.1, 0.15) is 22.3 Å². The number of carbonyl (C=O) groups excluding carboxylic acids is 2. The smallest absolute Gasteiger partial charge is 0.341 e. The van der Waals surface area contributed by atoms with Crippen molar-refractivity contribution in [2.24, 2.45) is 5.73 Å². The van der Waals surface area contributed by atoms with Crippen molar-refractivity contribution >= 4 is 11.9 Å². The molecular formula is C12H15NO4. The monoisotopic (exact) mass is 237 g/mol. The Balaban J connectivity index is 2.92. The molecule has 0 aromatic heterocycles. The molecule has 5 nitrogen and oxygen atoms in total. The number of carbonyl (C=O) groups is 2. The number of methoxy groups -OCH3 is 2. The number of amides is 1. The number of benzene rings is 1. The van der Waals surface area contributed by atoms with Crippen molar-refractivity contribution in [1.82, 2.24) is 0 Å². The van der Waals surface area contributed by atoms with Gasteiger partial charge in [-0.1, -0.05) is 6.07 Å². The van der Waals surface area contributed by atoms with Gasteiger partial charge in [-0.3, -0.25) is 4.79 Å². The van der Waals surface area contributed by atoms with E-state index in [1.807, 2.05) is 0 Å². The van der Waals surface area contributed by atoms with Gasteiger partial charge in [-0.25, -0.2) is 4.79 Å². The predicted octanol–water partition coefficient (Wildman–Crippen LogP) is 0.900. The summed E-state index contributed by atoms with van der Waals surface area (Å²) in [5.74, 6) is -0.386. The van der Waals surface area contributed by atoms with Crippen molar-refractivity contribution in [2.45, 2.75) is 12.8 Å². The summed E-state index contributed by atoms with van der Waals surface area (Å²) in [6, 6.07) is 5.06. The minimum absolute atomic E-state index is 0.265. The van der Waals surface area contributed by atoms with Crippen LogP contribution in [0.4, 0.5) is 0 Å². The van der Waals surface area contributed by atoms with Gasteiger partial charge in [0.05, 0.1) is 14.2 Å². The molecule has 0 saturated carbocycles. The molecule has 1 aromatic carbocycles. The molecular weight excluding hydrogens is 222 g/mol. The zero-order valence-corrected chi connectivity index (χ0v) is 9.86. The molecule has 0 atom stereocenters. The van der Waals surface area contributed by atoms with Gasteiger partial charge in [0.25, 0.3) is 0 Å². The van der Waals surface area contributed by atoms with E-state index in [0.717, 1.165) is 5.56 Å². The number of esters is 1. The van der Waals surface area contributed by atoms with Crippen LogP contribution in [0.5, 0.6) is 5.75 Å². The third-order valence-electron chi connectivity index (χ3n) is 2.33. The number of hydrogen-bond acceptors (Lipinski definition) is 4. The molecule has 0 saturated heterocycles. The molecule has 1 rings (SSSR count). The highest BCUT2D eigenvalue weighted by Crippen LogP contribution is 2.21. The summed E-state index contributed by atoms with van der Waals surface area (Å²) >= 11 is 0. The first-order valence-corrected chi connectivity index (χ1v) is 5.12. The molecule has 0 radical (unpaired) electrons. The van der Waals surface area contributed by atoms with Crippen LogP contribution < -0.4 is 10.5 Å². The van der Waals surface area contributed by atoms with Crippen molar-refractivity contribution in [3.05, 3.63) is 29.3 Å². The Kier molecular flexibility index (Phi) is 4.51. The molecule has 0 fully saturated rings. The molecule has 5 heteroatoms. The largest absolute Gasteiger partial charge is 0.496 e. The Bertz CT molecular complexity index is 429. The molecule has 0 aliphatic rings. The maximum Gasteiger partial charge on any atom is 0.341 e. The van der Waals surface area contributed by atoms with Crippen molar-refractivity contribution in [2.75, 3.05) is 14.2 Å². The molecule has 0 bridgehead atoms. The van der Waals surface area contributed by atoms with Gasteiger partial charge in [-0.05, 0) is 24.1 Å². The second kappa shape index (κ2) is 5.89. The average Bonchev–Trinajstić information content (AvgIpc) is 2.34. The Labute approximate surface area is 99.5 Å². The molecule has 0 aliphatic carbocycles. The molecule has 0 unspecified atom stereocenters. The highest BCUT2D eigenvalue weighted by molar-refractivity contribution is 5.92. The summed E-state index contributed by atoms with van der Waals surface area (Å²) in [6.45, 7) is 0. The highest BCUT2D eigenvalue weighted by Gasteiger charge is 2.13. The van der Waals surface area contributed by atoms with Crippen molar-refractivity contribution in [1.29, 1.82) is 0 Å². The van der Waals surface area contributed by atoms with Crippen molar-refractivity contribution in [3.8, 4) is 5.75 Å². The van der Waals surface area contributed by atoms with Crippen LogP contribution in [0.2, 0.25) is 0 Å². The quantitative estimate of drug-likeness (QED) is 0.772. The molecule has 2 N–H and O–H groups in total. The lowest BCUT2D eigenvalue weighted by molar-refractivity contribution is -0.117. The van der Waals surface area contributed by atoms with Gasteiger partial charge >= 0.3 is 5.97 Å². The number of aryl methyl sites for hydroxylation is 1. The lowest BCUT2D eigenvalue weighted by atomic mass is 10.1. The SMILES string of the molecule is COC(=O)c1ccc(CCC(N)=O)cc1OC.